The summed E-state index contributed by atoms with van der Waals surface area (Å²) < 4.78 is 5.78. The van der Waals surface area contributed by atoms with Crippen molar-refractivity contribution >= 4 is 17.2 Å². The van der Waals surface area contributed by atoms with E-state index in [9.17, 15) is 4.79 Å². The lowest BCUT2D eigenvalue weighted by molar-refractivity contribution is -0.123. The van der Waals surface area contributed by atoms with Gasteiger partial charge in [0.2, 0.25) is 5.91 Å². The predicted octanol–water partition coefficient (Wildman–Crippen LogP) is 4.26. The summed E-state index contributed by atoms with van der Waals surface area (Å²) in [7, 11) is 0. The lowest BCUT2D eigenvalue weighted by atomic mass is 9.94. The molecule has 2 heterocycles. The fourth-order valence-electron chi connectivity index (χ4n) is 3.27. The van der Waals surface area contributed by atoms with Gasteiger partial charge < -0.3 is 9.73 Å². The number of nitrogens with zero attached hydrogens (tertiary/aromatic N) is 2. The van der Waals surface area contributed by atoms with Crippen LogP contribution in [0, 0.1) is 6.92 Å². The van der Waals surface area contributed by atoms with Gasteiger partial charge in [-0.25, -0.2) is 9.97 Å². The Morgan fingerprint density at radius 1 is 1.36 bits per heavy atom. The average molecular weight is 362 g/mol. The van der Waals surface area contributed by atoms with Crippen LogP contribution in [0.4, 0.5) is 0 Å². The number of aryl methyl sites for hydroxylation is 2. The van der Waals surface area contributed by atoms with E-state index in [1.165, 1.54) is 0 Å². The number of hydrogen-bond donors (Lipinski definition) is 1. The quantitative estimate of drug-likeness (QED) is 0.864. The Balaban J connectivity index is 1.62. The van der Waals surface area contributed by atoms with Crippen LogP contribution in [0.5, 0.6) is 0 Å². The summed E-state index contributed by atoms with van der Waals surface area (Å²) in [6.07, 6.45) is 6.88. The molecule has 1 amide bonds. The minimum atomic E-state index is -0.275. The zero-order valence-electron chi connectivity index (χ0n) is 15.5. The van der Waals surface area contributed by atoms with Gasteiger partial charge in [0.15, 0.2) is 5.89 Å². The summed E-state index contributed by atoms with van der Waals surface area (Å²) in [5.41, 5.74) is 0.683. The monoisotopic (exact) mass is 361 g/mol. The van der Waals surface area contributed by atoms with Gasteiger partial charge in [-0.15, -0.1) is 11.3 Å². The second-order valence-corrected chi connectivity index (χ2v) is 8.86. The number of nitrogens with one attached hydrogen (secondary N) is 1. The van der Waals surface area contributed by atoms with E-state index in [-0.39, 0.29) is 16.9 Å². The molecule has 136 valence electrons. The first kappa shape index (κ1) is 18.1. The largest absolute Gasteiger partial charge is 0.445 e. The Morgan fingerprint density at radius 2 is 2.08 bits per heavy atom. The van der Waals surface area contributed by atoms with E-state index >= 15 is 0 Å². The fraction of sp³-hybridized carbons (Fsp3) is 0.632. The standard InChI is InChI=1S/C19H27N3O2S/c1-13-12-25-17(21-13)19(9-5-6-10-19)22-15(23)7-8-16-20-11-14(24-16)18(2,3)4/h11-12H,5-10H2,1-4H3,(H,22,23). The fourth-order valence-corrected chi connectivity index (χ4v) is 4.28. The van der Waals surface area contributed by atoms with Gasteiger partial charge in [0.1, 0.15) is 10.8 Å². The predicted molar refractivity (Wildman–Crippen MR) is 98.7 cm³/mol. The van der Waals surface area contributed by atoms with Crippen molar-refractivity contribution in [1.29, 1.82) is 0 Å². The molecule has 2 aromatic heterocycles. The molecule has 1 N–H and O–H groups in total. The summed E-state index contributed by atoms with van der Waals surface area (Å²) in [4.78, 5) is 21.5. The van der Waals surface area contributed by atoms with Crippen LogP contribution < -0.4 is 5.32 Å². The first-order valence-corrected chi connectivity index (χ1v) is 9.85. The second kappa shape index (κ2) is 6.90. The maximum Gasteiger partial charge on any atom is 0.221 e. The molecule has 1 aliphatic rings. The smallest absolute Gasteiger partial charge is 0.221 e. The third kappa shape index (κ3) is 4.11. The van der Waals surface area contributed by atoms with E-state index < -0.39 is 0 Å². The average Bonchev–Trinajstić information content (AvgIpc) is 3.24. The highest BCUT2D eigenvalue weighted by atomic mass is 32.1. The van der Waals surface area contributed by atoms with Gasteiger partial charge in [0.25, 0.3) is 0 Å². The highest BCUT2D eigenvalue weighted by molar-refractivity contribution is 7.09. The van der Waals surface area contributed by atoms with Crippen LogP contribution in [-0.4, -0.2) is 15.9 Å². The van der Waals surface area contributed by atoms with Crippen molar-refractivity contribution in [2.75, 3.05) is 0 Å². The molecule has 0 unspecified atom stereocenters. The van der Waals surface area contributed by atoms with Crippen molar-refractivity contribution in [1.82, 2.24) is 15.3 Å². The zero-order valence-corrected chi connectivity index (χ0v) is 16.3. The summed E-state index contributed by atoms with van der Waals surface area (Å²) in [5, 5.41) is 6.37. The summed E-state index contributed by atoms with van der Waals surface area (Å²) >= 11 is 1.65. The van der Waals surface area contributed by atoms with Gasteiger partial charge in [-0.05, 0) is 19.8 Å². The lowest BCUT2D eigenvalue weighted by Gasteiger charge is -2.28. The number of thiazole rings is 1. The first-order valence-electron chi connectivity index (χ1n) is 8.97. The number of amides is 1. The molecule has 6 heteroatoms. The molecule has 3 rings (SSSR count). The van der Waals surface area contributed by atoms with E-state index in [0.29, 0.717) is 18.7 Å². The number of oxazole rings is 1. The molecule has 0 aliphatic heterocycles. The number of hydrogen-bond acceptors (Lipinski definition) is 5. The molecular formula is C19H27N3O2S. The number of carbonyl (C=O) groups excluding carboxylic acids is 1. The second-order valence-electron chi connectivity index (χ2n) is 8.00. The third-order valence-corrected chi connectivity index (χ3v) is 5.89. The zero-order chi connectivity index (χ0) is 18.1. The molecule has 5 nitrogen and oxygen atoms in total. The Bertz CT molecular complexity index is 736. The van der Waals surface area contributed by atoms with Crippen LogP contribution in [0.2, 0.25) is 0 Å². The SMILES string of the molecule is Cc1csc(C2(NC(=O)CCc3ncc(C(C)(C)C)o3)CCCC2)n1. The molecule has 0 radical (unpaired) electrons. The molecule has 1 saturated carbocycles. The minimum absolute atomic E-state index is 0.0465. The minimum Gasteiger partial charge on any atom is -0.445 e. The molecule has 25 heavy (non-hydrogen) atoms. The maximum atomic E-state index is 12.6. The van der Waals surface area contributed by atoms with Gasteiger partial charge in [-0.1, -0.05) is 33.6 Å². The lowest BCUT2D eigenvalue weighted by Crippen LogP contribution is -2.43. The highest BCUT2D eigenvalue weighted by Gasteiger charge is 2.39. The van der Waals surface area contributed by atoms with Crippen molar-refractivity contribution < 1.29 is 9.21 Å². The molecule has 1 aliphatic carbocycles. The van der Waals surface area contributed by atoms with Crippen molar-refractivity contribution in [3.05, 3.63) is 33.9 Å². The molecule has 1 fully saturated rings. The van der Waals surface area contributed by atoms with Crippen LogP contribution in [0.1, 0.15) is 75.2 Å². The van der Waals surface area contributed by atoms with E-state index in [4.69, 9.17) is 4.42 Å². The highest BCUT2D eigenvalue weighted by Crippen LogP contribution is 2.40. The Hall–Kier alpha value is -1.69. The molecular weight excluding hydrogens is 334 g/mol. The molecule has 0 aromatic carbocycles. The van der Waals surface area contributed by atoms with Crippen molar-refractivity contribution in [2.24, 2.45) is 0 Å². The van der Waals surface area contributed by atoms with Crippen molar-refractivity contribution in [3.63, 3.8) is 0 Å². The van der Waals surface area contributed by atoms with Crippen LogP contribution in [0.15, 0.2) is 16.0 Å². The van der Waals surface area contributed by atoms with E-state index in [2.05, 4.69) is 41.4 Å². The van der Waals surface area contributed by atoms with Crippen LogP contribution in [0.25, 0.3) is 0 Å². The maximum absolute atomic E-state index is 12.6. The molecule has 2 aromatic rings. The van der Waals surface area contributed by atoms with E-state index in [1.807, 2.05) is 6.92 Å². The van der Waals surface area contributed by atoms with Crippen LogP contribution in [-0.2, 0) is 22.2 Å². The summed E-state index contributed by atoms with van der Waals surface area (Å²) in [5.74, 6) is 1.53. The van der Waals surface area contributed by atoms with Crippen molar-refractivity contribution in [2.45, 2.75) is 77.2 Å². The van der Waals surface area contributed by atoms with Gasteiger partial charge in [-0.3, -0.25) is 4.79 Å². The van der Waals surface area contributed by atoms with Crippen LogP contribution in [0.3, 0.4) is 0 Å². The van der Waals surface area contributed by atoms with Crippen LogP contribution >= 0.6 is 11.3 Å². The Kier molecular flexibility index (Phi) is 5.00. The molecule has 0 spiro atoms. The van der Waals surface area contributed by atoms with Gasteiger partial charge in [0.05, 0.1) is 11.7 Å². The third-order valence-electron chi connectivity index (χ3n) is 4.72. The summed E-state index contributed by atoms with van der Waals surface area (Å²) in [6, 6.07) is 0. The van der Waals surface area contributed by atoms with Gasteiger partial charge in [0, 0.05) is 29.3 Å². The number of carbonyl (C=O) groups is 1. The molecule has 0 atom stereocenters. The van der Waals surface area contributed by atoms with Gasteiger partial charge in [-0.2, -0.15) is 0 Å². The molecule has 0 saturated heterocycles. The Labute approximate surface area is 153 Å². The normalized spacial score (nSPS) is 17.0. The first-order chi connectivity index (χ1) is 11.8. The number of rotatable bonds is 5. The summed E-state index contributed by atoms with van der Waals surface area (Å²) in [6.45, 7) is 8.26. The number of aromatic nitrogens is 2. The van der Waals surface area contributed by atoms with E-state index in [1.54, 1.807) is 17.5 Å². The Morgan fingerprint density at radius 3 is 2.64 bits per heavy atom. The van der Waals surface area contributed by atoms with Crippen molar-refractivity contribution in [3.8, 4) is 0 Å². The van der Waals surface area contributed by atoms with E-state index in [0.717, 1.165) is 42.1 Å². The van der Waals surface area contributed by atoms with Gasteiger partial charge >= 0.3 is 0 Å². The topological polar surface area (TPSA) is 68.0 Å². The molecule has 0 bridgehead atoms.